The summed E-state index contributed by atoms with van der Waals surface area (Å²) in [4.78, 5) is 4.41. The van der Waals surface area contributed by atoms with Crippen LogP contribution in [0.4, 0.5) is 4.39 Å². The molecule has 0 spiro atoms. The van der Waals surface area contributed by atoms with Gasteiger partial charge in [0.15, 0.2) is 0 Å². The number of benzene rings is 2. The summed E-state index contributed by atoms with van der Waals surface area (Å²) in [6.45, 7) is 2.02. The smallest absolute Gasteiger partial charge is 0.126 e. The van der Waals surface area contributed by atoms with Crippen molar-refractivity contribution < 1.29 is 4.39 Å². The minimum Gasteiger partial charge on any atom is -0.256 e. The molecule has 0 saturated carbocycles. The van der Waals surface area contributed by atoms with E-state index >= 15 is 0 Å². The van der Waals surface area contributed by atoms with Gasteiger partial charge in [-0.3, -0.25) is 4.98 Å². The fourth-order valence-corrected chi connectivity index (χ4v) is 2.98. The lowest BCUT2D eigenvalue weighted by molar-refractivity contribution is 0.628. The third kappa shape index (κ3) is 2.15. The molecule has 3 rings (SSSR count). The van der Waals surface area contributed by atoms with Crippen molar-refractivity contribution in [2.24, 2.45) is 0 Å². The lowest BCUT2D eigenvalue weighted by Crippen LogP contribution is -1.90. The molecule has 1 heterocycles. The molecule has 2 aromatic carbocycles. The maximum atomic E-state index is 13.3. The topological polar surface area (TPSA) is 12.9 Å². The van der Waals surface area contributed by atoms with Gasteiger partial charge in [0.05, 0.1) is 15.6 Å². The maximum absolute atomic E-state index is 13.3. The van der Waals surface area contributed by atoms with Crippen molar-refractivity contribution in [1.82, 2.24) is 4.98 Å². The third-order valence-corrected chi connectivity index (χ3v) is 3.86. The van der Waals surface area contributed by atoms with Crippen LogP contribution in [0, 0.1) is 12.7 Å². The van der Waals surface area contributed by atoms with E-state index in [-0.39, 0.29) is 10.0 Å². The Labute approximate surface area is 126 Å². The van der Waals surface area contributed by atoms with Gasteiger partial charge in [-0.2, -0.15) is 0 Å². The van der Waals surface area contributed by atoms with Gasteiger partial charge in [-0.1, -0.05) is 41.4 Å². The quantitative estimate of drug-likeness (QED) is 0.565. The molecule has 3 aromatic rings. The second kappa shape index (κ2) is 5.04. The van der Waals surface area contributed by atoms with Crippen LogP contribution in [0.15, 0.2) is 42.6 Å². The molecule has 1 aromatic heterocycles. The summed E-state index contributed by atoms with van der Waals surface area (Å²) >= 11 is 12.3. The SMILES string of the molecule is Cc1ccc(-c2c(Cl)cc(F)cc2Cl)c2ncccc12. The molecule has 0 aliphatic carbocycles. The minimum atomic E-state index is -0.451. The fourth-order valence-electron chi connectivity index (χ4n) is 2.32. The second-order valence-corrected chi connectivity index (χ2v) is 5.39. The van der Waals surface area contributed by atoms with Gasteiger partial charge in [0.1, 0.15) is 5.82 Å². The number of halogens is 3. The largest absolute Gasteiger partial charge is 0.256 e. The molecular formula is C16H10Cl2FN. The molecule has 4 heteroatoms. The molecule has 0 fully saturated rings. The number of aromatic nitrogens is 1. The van der Waals surface area contributed by atoms with Crippen LogP contribution in [0.25, 0.3) is 22.0 Å². The molecule has 20 heavy (non-hydrogen) atoms. The highest BCUT2D eigenvalue weighted by molar-refractivity contribution is 6.39. The fraction of sp³-hybridized carbons (Fsp3) is 0.0625. The van der Waals surface area contributed by atoms with Crippen molar-refractivity contribution in [3.05, 3.63) is 64.0 Å². The minimum absolute atomic E-state index is 0.283. The molecule has 0 radical (unpaired) electrons. The molecule has 0 bridgehead atoms. The van der Waals surface area contributed by atoms with Gasteiger partial charge in [0, 0.05) is 22.7 Å². The molecule has 0 aliphatic rings. The molecule has 0 aliphatic heterocycles. The first-order chi connectivity index (χ1) is 9.58. The van der Waals surface area contributed by atoms with Crippen molar-refractivity contribution in [2.75, 3.05) is 0 Å². The Morgan fingerprint density at radius 3 is 2.45 bits per heavy atom. The summed E-state index contributed by atoms with van der Waals surface area (Å²) in [5, 5.41) is 1.60. The van der Waals surface area contributed by atoms with Crippen LogP contribution in [0.5, 0.6) is 0 Å². The van der Waals surface area contributed by atoms with Crippen LogP contribution in [0.1, 0.15) is 5.56 Å². The molecule has 100 valence electrons. The first-order valence-electron chi connectivity index (χ1n) is 6.07. The second-order valence-electron chi connectivity index (χ2n) is 4.57. The van der Waals surface area contributed by atoms with Crippen LogP contribution in [0.2, 0.25) is 10.0 Å². The predicted octanol–water partition coefficient (Wildman–Crippen LogP) is 5.66. The normalized spacial score (nSPS) is 11.0. The summed E-state index contributed by atoms with van der Waals surface area (Å²) < 4.78 is 13.3. The molecule has 0 amide bonds. The highest BCUT2D eigenvalue weighted by Crippen LogP contribution is 2.39. The van der Waals surface area contributed by atoms with Crippen LogP contribution >= 0.6 is 23.2 Å². The van der Waals surface area contributed by atoms with E-state index in [0.717, 1.165) is 22.0 Å². The van der Waals surface area contributed by atoms with Crippen LogP contribution in [-0.4, -0.2) is 4.98 Å². The van der Waals surface area contributed by atoms with E-state index in [9.17, 15) is 4.39 Å². The number of nitrogens with zero attached hydrogens (tertiary/aromatic N) is 1. The van der Waals surface area contributed by atoms with E-state index in [1.165, 1.54) is 12.1 Å². The number of rotatable bonds is 1. The number of aryl methyl sites for hydroxylation is 1. The monoisotopic (exact) mass is 305 g/mol. The summed E-state index contributed by atoms with van der Waals surface area (Å²) in [6.07, 6.45) is 1.72. The van der Waals surface area contributed by atoms with Gasteiger partial charge in [-0.25, -0.2) is 4.39 Å². The van der Waals surface area contributed by atoms with E-state index in [1.54, 1.807) is 6.20 Å². The number of hydrogen-bond donors (Lipinski definition) is 0. The number of pyridine rings is 1. The molecule has 0 N–H and O–H groups in total. The van der Waals surface area contributed by atoms with Crippen LogP contribution in [0.3, 0.4) is 0 Å². The van der Waals surface area contributed by atoms with Gasteiger partial charge >= 0.3 is 0 Å². The first kappa shape index (κ1) is 13.3. The van der Waals surface area contributed by atoms with Gasteiger partial charge in [-0.05, 0) is 30.7 Å². The Morgan fingerprint density at radius 2 is 1.75 bits per heavy atom. The zero-order chi connectivity index (χ0) is 14.3. The van der Waals surface area contributed by atoms with Gasteiger partial charge < -0.3 is 0 Å². The Kier molecular flexibility index (Phi) is 3.36. The predicted molar refractivity (Wildman–Crippen MR) is 81.9 cm³/mol. The Hall–Kier alpha value is -1.64. The van der Waals surface area contributed by atoms with Crippen LogP contribution in [-0.2, 0) is 0 Å². The van der Waals surface area contributed by atoms with Crippen molar-refractivity contribution >= 4 is 34.1 Å². The molecular weight excluding hydrogens is 296 g/mol. The zero-order valence-corrected chi connectivity index (χ0v) is 12.1. The van der Waals surface area contributed by atoms with Crippen molar-refractivity contribution in [1.29, 1.82) is 0 Å². The first-order valence-corrected chi connectivity index (χ1v) is 6.83. The van der Waals surface area contributed by atoms with E-state index in [0.29, 0.717) is 5.56 Å². The average molecular weight is 306 g/mol. The average Bonchev–Trinajstić information content (AvgIpc) is 2.40. The van der Waals surface area contributed by atoms with Crippen LogP contribution < -0.4 is 0 Å². The lowest BCUT2D eigenvalue weighted by Gasteiger charge is -2.11. The summed E-state index contributed by atoms with van der Waals surface area (Å²) in [6, 6.07) is 10.3. The molecule has 0 unspecified atom stereocenters. The molecule has 0 atom stereocenters. The van der Waals surface area contributed by atoms with Gasteiger partial charge in [0.2, 0.25) is 0 Å². The summed E-state index contributed by atoms with van der Waals surface area (Å²) in [7, 11) is 0. The number of hydrogen-bond acceptors (Lipinski definition) is 1. The summed E-state index contributed by atoms with van der Waals surface area (Å²) in [5.41, 5.74) is 3.34. The third-order valence-electron chi connectivity index (χ3n) is 3.26. The highest BCUT2D eigenvalue weighted by Gasteiger charge is 2.14. The van der Waals surface area contributed by atoms with Gasteiger partial charge in [-0.15, -0.1) is 0 Å². The molecule has 1 nitrogen and oxygen atoms in total. The van der Waals surface area contributed by atoms with Gasteiger partial charge in [0.25, 0.3) is 0 Å². The van der Waals surface area contributed by atoms with Crippen molar-refractivity contribution in [2.45, 2.75) is 6.92 Å². The Bertz CT molecular complexity index is 792. The lowest BCUT2D eigenvalue weighted by atomic mass is 9.99. The van der Waals surface area contributed by atoms with E-state index in [2.05, 4.69) is 4.98 Å². The van der Waals surface area contributed by atoms with E-state index in [4.69, 9.17) is 23.2 Å². The highest BCUT2D eigenvalue weighted by atomic mass is 35.5. The van der Waals surface area contributed by atoms with E-state index < -0.39 is 5.82 Å². The van der Waals surface area contributed by atoms with Crippen molar-refractivity contribution in [3.63, 3.8) is 0 Å². The van der Waals surface area contributed by atoms with E-state index in [1.807, 2.05) is 31.2 Å². The Balaban J connectivity index is 2.39. The number of fused-ring (bicyclic) bond motifs is 1. The standard InChI is InChI=1S/C16H10Cl2FN/c1-9-4-5-12(16-11(9)3-2-6-20-16)15-13(17)7-10(19)8-14(15)18/h2-8H,1H3. The maximum Gasteiger partial charge on any atom is 0.126 e. The Morgan fingerprint density at radius 1 is 1.05 bits per heavy atom. The molecule has 0 saturated heterocycles. The zero-order valence-electron chi connectivity index (χ0n) is 10.6. The summed E-state index contributed by atoms with van der Waals surface area (Å²) in [5.74, 6) is -0.451. The van der Waals surface area contributed by atoms with Crippen molar-refractivity contribution in [3.8, 4) is 11.1 Å².